The quantitative estimate of drug-likeness (QED) is 0.673. The molecule has 1 unspecified atom stereocenters. The van der Waals surface area contributed by atoms with Gasteiger partial charge < -0.3 is 0 Å². The summed E-state index contributed by atoms with van der Waals surface area (Å²) >= 11 is 4.44. The van der Waals surface area contributed by atoms with Crippen LogP contribution in [0.2, 0.25) is 19.6 Å². The molecule has 0 radical (unpaired) electrons. The first-order valence-electron chi connectivity index (χ1n) is 6.76. The molecule has 3 atom stereocenters. The van der Waals surface area contributed by atoms with E-state index < -0.39 is 8.07 Å². The van der Waals surface area contributed by atoms with Gasteiger partial charge in [-0.25, -0.2) is 0 Å². The lowest BCUT2D eigenvalue weighted by Crippen LogP contribution is -2.48. The highest BCUT2D eigenvalue weighted by atomic mass is 32.2. The van der Waals surface area contributed by atoms with E-state index in [1.54, 1.807) is 0 Å². The lowest BCUT2D eigenvalue weighted by atomic mass is 10.2. The Hall–Kier alpha value is 0.137. The van der Waals surface area contributed by atoms with Gasteiger partial charge in [0.05, 0.1) is 11.8 Å². The molecule has 0 nitrogen and oxygen atoms in total. The normalized spacial score (nSPS) is 33.4. The second-order valence-electron chi connectivity index (χ2n) is 6.33. The van der Waals surface area contributed by atoms with Crippen LogP contribution in [-0.2, 0) is 3.70 Å². The van der Waals surface area contributed by atoms with Crippen molar-refractivity contribution in [2.45, 2.75) is 54.1 Å². The van der Waals surface area contributed by atoms with Crippen molar-refractivity contribution in [3.63, 3.8) is 0 Å². The maximum absolute atomic E-state index is 2.52. The van der Waals surface area contributed by atoms with Crippen LogP contribution in [0.3, 0.4) is 0 Å². The van der Waals surface area contributed by atoms with Crippen LogP contribution in [0.1, 0.15) is 25.8 Å². The molecule has 18 heavy (non-hydrogen) atoms. The predicted molar refractivity (Wildman–Crippen MR) is 90.2 cm³/mol. The Morgan fingerprint density at radius 2 is 1.50 bits per heavy atom. The van der Waals surface area contributed by atoms with E-state index in [1.165, 1.54) is 12.0 Å². The molecule has 1 fully saturated rings. The smallest absolute Gasteiger partial charge is 0.0809 e. The lowest BCUT2D eigenvalue weighted by Gasteiger charge is -2.49. The first kappa shape index (κ1) is 14.5. The average molecular weight is 297 g/mol. The minimum absolute atomic E-state index is 0.325. The molecule has 0 saturated carbocycles. The molecular formula is C15H24S2Si. The van der Waals surface area contributed by atoms with Gasteiger partial charge in [0.25, 0.3) is 0 Å². The van der Waals surface area contributed by atoms with E-state index in [-0.39, 0.29) is 0 Å². The van der Waals surface area contributed by atoms with Crippen molar-refractivity contribution < 1.29 is 0 Å². The summed E-state index contributed by atoms with van der Waals surface area (Å²) in [5.74, 6) is 0. The van der Waals surface area contributed by atoms with E-state index in [4.69, 9.17) is 0 Å². The monoisotopic (exact) mass is 296 g/mol. The fourth-order valence-corrected chi connectivity index (χ4v) is 11.6. The molecule has 0 spiro atoms. The summed E-state index contributed by atoms with van der Waals surface area (Å²) < 4.78 is 0.325. The molecule has 1 aromatic carbocycles. The molecule has 3 heteroatoms. The van der Waals surface area contributed by atoms with Gasteiger partial charge in [-0.2, -0.15) is 0 Å². The van der Waals surface area contributed by atoms with Gasteiger partial charge in [0.2, 0.25) is 0 Å². The van der Waals surface area contributed by atoms with E-state index in [0.29, 0.717) is 3.70 Å². The van der Waals surface area contributed by atoms with Gasteiger partial charge in [-0.05, 0) is 12.0 Å². The number of benzene rings is 1. The molecule has 1 saturated heterocycles. The molecule has 100 valence electrons. The minimum atomic E-state index is -1.31. The maximum Gasteiger partial charge on any atom is 0.0809 e. The SMILES string of the molecule is C[C@@H]1C[C@H](C)SC(c2ccccc2)([Si](C)(C)C)S1. The molecule has 0 aromatic heterocycles. The number of hydrogen-bond donors (Lipinski definition) is 0. The fourth-order valence-electron chi connectivity index (χ4n) is 2.74. The predicted octanol–water partition coefficient (Wildman–Crippen LogP) is 5.36. The highest BCUT2D eigenvalue weighted by molar-refractivity contribution is 8.21. The zero-order chi connectivity index (χ0) is 13.4. The summed E-state index contributed by atoms with van der Waals surface area (Å²) in [5, 5.41) is 1.54. The minimum Gasteiger partial charge on any atom is -0.140 e. The lowest BCUT2D eigenvalue weighted by molar-refractivity contribution is 0.783. The Labute approximate surface area is 121 Å². The molecular weight excluding hydrogens is 272 g/mol. The summed E-state index contributed by atoms with van der Waals surface area (Å²) in [7, 11) is -1.31. The van der Waals surface area contributed by atoms with Crippen molar-refractivity contribution in [2.24, 2.45) is 0 Å². The van der Waals surface area contributed by atoms with Crippen LogP contribution in [-0.4, -0.2) is 18.6 Å². The first-order valence-corrected chi connectivity index (χ1v) is 12.0. The number of hydrogen-bond acceptors (Lipinski definition) is 2. The van der Waals surface area contributed by atoms with Crippen molar-refractivity contribution in [1.82, 2.24) is 0 Å². The largest absolute Gasteiger partial charge is 0.140 e. The third-order valence-electron chi connectivity index (χ3n) is 3.54. The third kappa shape index (κ3) is 2.68. The zero-order valence-corrected chi connectivity index (χ0v) is 14.7. The average Bonchev–Trinajstić information content (AvgIpc) is 2.27. The van der Waals surface area contributed by atoms with Crippen molar-refractivity contribution in [2.75, 3.05) is 0 Å². The van der Waals surface area contributed by atoms with Crippen LogP contribution >= 0.6 is 23.5 Å². The summed E-state index contributed by atoms with van der Waals surface area (Å²) in [6.07, 6.45) is 1.34. The van der Waals surface area contributed by atoms with Crippen LogP contribution in [0, 0.1) is 0 Å². The summed E-state index contributed by atoms with van der Waals surface area (Å²) in [4.78, 5) is 0. The highest BCUT2D eigenvalue weighted by Gasteiger charge is 2.50. The molecule has 0 amide bonds. The van der Waals surface area contributed by atoms with E-state index in [9.17, 15) is 0 Å². The van der Waals surface area contributed by atoms with Crippen molar-refractivity contribution >= 4 is 31.6 Å². The second-order valence-corrected chi connectivity index (χ2v) is 15.9. The van der Waals surface area contributed by atoms with Crippen LogP contribution < -0.4 is 0 Å². The third-order valence-corrected chi connectivity index (χ3v) is 13.1. The van der Waals surface area contributed by atoms with E-state index in [1.807, 2.05) is 0 Å². The Bertz CT molecular complexity index is 387. The van der Waals surface area contributed by atoms with Crippen LogP contribution in [0.15, 0.2) is 30.3 Å². The standard InChI is InChI=1S/C15H24S2Si/c1-12-11-13(2)17-15(16-12,18(3,4)5)14-9-7-6-8-10-14/h6-10,12-13H,11H2,1-5H3/t12-,13+,15?. The number of thioether (sulfide) groups is 2. The molecule has 0 N–H and O–H groups in total. The zero-order valence-electron chi connectivity index (χ0n) is 12.1. The summed E-state index contributed by atoms with van der Waals surface area (Å²) in [5.41, 5.74) is 1.54. The molecule has 1 aliphatic rings. The molecule has 1 aromatic rings. The Balaban J connectivity index is 2.48. The van der Waals surface area contributed by atoms with Gasteiger partial charge in [-0.1, -0.05) is 63.8 Å². The van der Waals surface area contributed by atoms with Crippen LogP contribution in [0.5, 0.6) is 0 Å². The van der Waals surface area contributed by atoms with Crippen molar-refractivity contribution in [1.29, 1.82) is 0 Å². The highest BCUT2D eigenvalue weighted by Crippen LogP contribution is 2.59. The molecule has 0 aliphatic carbocycles. The van der Waals surface area contributed by atoms with Crippen LogP contribution in [0.4, 0.5) is 0 Å². The molecule has 0 bridgehead atoms. The number of rotatable bonds is 2. The summed E-state index contributed by atoms with van der Waals surface area (Å²) in [6, 6.07) is 11.2. The van der Waals surface area contributed by atoms with Crippen molar-refractivity contribution in [3.8, 4) is 0 Å². The maximum atomic E-state index is 2.52. The van der Waals surface area contributed by atoms with E-state index in [0.717, 1.165) is 10.5 Å². The van der Waals surface area contributed by atoms with E-state index >= 15 is 0 Å². The van der Waals surface area contributed by atoms with Gasteiger partial charge in [0.1, 0.15) is 0 Å². The van der Waals surface area contributed by atoms with Crippen LogP contribution in [0.25, 0.3) is 0 Å². The van der Waals surface area contributed by atoms with E-state index in [2.05, 4.69) is 87.3 Å². The summed E-state index contributed by atoms with van der Waals surface area (Å²) in [6.45, 7) is 12.4. The second kappa shape index (κ2) is 5.26. The van der Waals surface area contributed by atoms with Crippen molar-refractivity contribution in [3.05, 3.63) is 35.9 Å². The topological polar surface area (TPSA) is 0 Å². The molecule has 1 aliphatic heterocycles. The Morgan fingerprint density at radius 1 is 1.00 bits per heavy atom. The van der Waals surface area contributed by atoms with Gasteiger partial charge in [-0.3, -0.25) is 0 Å². The molecule has 2 rings (SSSR count). The molecule has 1 heterocycles. The van der Waals surface area contributed by atoms with Gasteiger partial charge >= 0.3 is 0 Å². The first-order chi connectivity index (χ1) is 8.35. The fraction of sp³-hybridized carbons (Fsp3) is 0.600. The Kier molecular flexibility index (Phi) is 4.25. The van der Waals surface area contributed by atoms with Gasteiger partial charge in [0, 0.05) is 10.5 Å². The Morgan fingerprint density at radius 3 is 1.94 bits per heavy atom. The van der Waals surface area contributed by atoms with Gasteiger partial charge in [-0.15, -0.1) is 23.5 Å². The van der Waals surface area contributed by atoms with Gasteiger partial charge in [0.15, 0.2) is 0 Å².